The second kappa shape index (κ2) is 16.2. The molecule has 11 nitrogen and oxygen atoms in total. The van der Waals surface area contributed by atoms with Crippen LogP contribution in [0.1, 0.15) is 93.1 Å². The quantitative estimate of drug-likeness (QED) is 0.141. The van der Waals surface area contributed by atoms with E-state index in [2.05, 4.69) is 23.7 Å². The largest absolute Gasteiger partial charge is 0.337 e. The van der Waals surface area contributed by atoms with Gasteiger partial charge >= 0.3 is 0 Å². The van der Waals surface area contributed by atoms with E-state index in [1.54, 1.807) is 41.0 Å². The highest BCUT2D eigenvalue weighted by Crippen LogP contribution is 2.29. The number of fused-ring (bicyclic) bond motifs is 2. The number of sulfonamides is 1. The Bertz CT molecular complexity index is 2410. The van der Waals surface area contributed by atoms with Crippen molar-refractivity contribution in [1.82, 2.24) is 24.3 Å². The number of hydrogen-bond acceptors (Lipinski definition) is 7. The van der Waals surface area contributed by atoms with Gasteiger partial charge in [-0.25, -0.2) is 17.8 Å². The van der Waals surface area contributed by atoms with Gasteiger partial charge in [0, 0.05) is 31.7 Å². The van der Waals surface area contributed by atoms with Crippen molar-refractivity contribution in [3.8, 4) is 11.8 Å². The van der Waals surface area contributed by atoms with Crippen molar-refractivity contribution in [2.24, 2.45) is 0 Å². The summed E-state index contributed by atoms with van der Waals surface area (Å²) in [5.41, 5.74) is 3.31. The Morgan fingerprint density at radius 1 is 0.926 bits per heavy atom. The van der Waals surface area contributed by atoms with Crippen LogP contribution in [0.5, 0.6) is 0 Å². The molecule has 0 unspecified atom stereocenters. The molecule has 1 aliphatic rings. The van der Waals surface area contributed by atoms with Crippen molar-refractivity contribution in [3.05, 3.63) is 123 Å². The van der Waals surface area contributed by atoms with Crippen LogP contribution in [0.2, 0.25) is 5.02 Å². The smallest absolute Gasteiger partial charge is 0.275 e. The van der Waals surface area contributed by atoms with E-state index in [0.717, 1.165) is 42.2 Å². The summed E-state index contributed by atoms with van der Waals surface area (Å²) >= 11 is 6.80. The number of nitriles is 1. The first-order valence-corrected chi connectivity index (χ1v) is 19.9. The fourth-order valence-electron chi connectivity index (χ4n) is 6.59. The molecule has 278 valence electrons. The van der Waals surface area contributed by atoms with Crippen LogP contribution in [-0.4, -0.2) is 65.4 Å². The van der Waals surface area contributed by atoms with Crippen LogP contribution in [0.3, 0.4) is 0 Å². The molecule has 6 rings (SSSR count). The zero-order valence-corrected chi connectivity index (χ0v) is 32.0. The van der Waals surface area contributed by atoms with Gasteiger partial charge in [0.05, 0.1) is 38.5 Å². The van der Waals surface area contributed by atoms with Gasteiger partial charge in [-0.05, 0) is 90.6 Å². The number of benzene rings is 4. The average Bonchev–Trinajstić information content (AvgIpc) is 3.48. The Morgan fingerprint density at radius 3 is 2.33 bits per heavy atom. The minimum Gasteiger partial charge on any atom is -0.337 e. The molecule has 5 aromatic rings. The van der Waals surface area contributed by atoms with Crippen LogP contribution in [0.4, 0.5) is 0 Å². The van der Waals surface area contributed by atoms with Crippen molar-refractivity contribution in [1.29, 1.82) is 5.26 Å². The van der Waals surface area contributed by atoms with Crippen molar-refractivity contribution in [2.45, 2.75) is 64.3 Å². The van der Waals surface area contributed by atoms with E-state index in [1.165, 1.54) is 35.0 Å². The number of carbonyl (C=O) groups excluding carboxylic acids is 3. The summed E-state index contributed by atoms with van der Waals surface area (Å²) in [5, 5.41) is 15.4. The number of aromatic nitrogens is 2. The third kappa shape index (κ3) is 7.88. The van der Waals surface area contributed by atoms with E-state index < -0.39 is 21.8 Å². The summed E-state index contributed by atoms with van der Waals surface area (Å²) in [6, 6.07) is 23.5. The molecule has 1 N–H and O–H groups in total. The van der Waals surface area contributed by atoms with Crippen LogP contribution < -0.4 is 4.72 Å². The molecule has 2 heterocycles. The van der Waals surface area contributed by atoms with Crippen molar-refractivity contribution in [2.75, 3.05) is 19.6 Å². The maximum atomic E-state index is 14.4. The molecule has 1 aromatic heterocycles. The van der Waals surface area contributed by atoms with E-state index in [1.807, 2.05) is 30.3 Å². The number of carbonyl (C=O) groups is 3. The predicted molar refractivity (Wildman–Crippen MR) is 207 cm³/mol. The molecule has 0 bridgehead atoms. The Balaban J connectivity index is 1.38. The number of nitrogens with zero attached hydrogens (tertiary/aromatic N) is 5. The highest BCUT2D eigenvalue weighted by Gasteiger charge is 2.30. The first kappa shape index (κ1) is 38.2. The number of unbranched alkanes of at least 4 members (excludes halogenated alkanes) is 2. The van der Waals surface area contributed by atoms with Gasteiger partial charge in [0.15, 0.2) is 5.69 Å². The molecular formula is C41H41ClN6O5S. The van der Waals surface area contributed by atoms with E-state index >= 15 is 0 Å². The molecule has 0 aliphatic carbocycles. The summed E-state index contributed by atoms with van der Waals surface area (Å²) in [5.74, 6) is -1.65. The van der Waals surface area contributed by atoms with Gasteiger partial charge in [0.1, 0.15) is 0 Å². The molecule has 0 radical (unpaired) electrons. The SMILES string of the molecule is CCCCN(CCCC)C(=O)c1nn(-c2ccc(C(=O)NS(=O)(=O)c3ccc4ccc(C#N)cc4c3)cc2C(=O)N2CCc3ccccc3C2)c(C)c1Cl. The molecule has 0 saturated heterocycles. The Labute approximate surface area is 320 Å². The molecular weight excluding hydrogens is 724 g/mol. The number of hydrogen-bond donors (Lipinski definition) is 1. The molecule has 0 spiro atoms. The number of rotatable bonds is 12. The number of amides is 3. The van der Waals surface area contributed by atoms with Crippen LogP contribution in [0.25, 0.3) is 16.5 Å². The van der Waals surface area contributed by atoms with E-state index in [0.29, 0.717) is 49.2 Å². The standard InChI is InChI=1S/C41H41ClN6O5S/c1-4-6-19-46(20-7-5-2)41(51)38-37(42)27(3)48(44-38)36-17-15-31(24-35(36)40(50)47-21-18-29-10-8-9-11-32(29)26-47)39(49)45-54(52,53)34-16-14-30-13-12-28(25-43)22-33(30)23-34/h8-17,22-24H,4-7,18-21,26H2,1-3H3,(H,45,49). The summed E-state index contributed by atoms with van der Waals surface area (Å²) < 4.78 is 30.5. The normalized spacial score (nSPS) is 12.6. The molecule has 1 aliphatic heterocycles. The zero-order valence-electron chi connectivity index (χ0n) is 30.4. The number of nitrogens with one attached hydrogen (secondary N) is 1. The van der Waals surface area contributed by atoms with Crippen molar-refractivity contribution >= 4 is 50.1 Å². The second-order valence-electron chi connectivity index (χ2n) is 13.4. The Morgan fingerprint density at radius 2 is 1.63 bits per heavy atom. The van der Waals surface area contributed by atoms with Crippen LogP contribution >= 0.6 is 11.6 Å². The fraction of sp³-hybridized carbons (Fsp3) is 0.293. The maximum Gasteiger partial charge on any atom is 0.275 e. The van der Waals surface area contributed by atoms with Gasteiger partial charge in [-0.3, -0.25) is 14.4 Å². The third-order valence-corrected chi connectivity index (χ3v) is 11.5. The highest BCUT2D eigenvalue weighted by atomic mass is 35.5. The molecule has 13 heteroatoms. The monoisotopic (exact) mass is 764 g/mol. The molecule has 0 atom stereocenters. The van der Waals surface area contributed by atoms with Crippen LogP contribution in [0.15, 0.2) is 83.8 Å². The fourth-order valence-corrected chi connectivity index (χ4v) is 7.80. The van der Waals surface area contributed by atoms with Crippen LogP contribution in [-0.2, 0) is 23.0 Å². The molecule has 0 saturated carbocycles. The van der Waals surface area contributed by atoms with Gasteiger partial charge in [0.25, 0.3) is 27.7 Å². The van der Waals surface area contributed by atoms with Crippen LogP contribution in [0, 0.1) is 18.3 Å². The molecule has 0 fully saturated rings. The maximum absolute atomic E-state index is 14.4. The van der Waals surface area contributed by atoms with Gasteiger partial charge in [-0.1, -0.05) is 74.7 Å². The van der Waals surface area contributed by atoms with E-state index in [4.69, 9.17) is 11.6 Å². The zero-order chi connectivity index (χ0) is 38.6. The van der Waals surface area contributed by atoms with Crippen molar-refractivity contribution < 1.29 is 22.8 Å². The first-order chi connectivity index (χ1) is 25.9. The first-order valence-electron chi connectivity index (χ1n) is 18.0. The number of halogens is 1. The van der Waals surface area contributed by atoms with Crippen molar-refractivity contribution in [3.63, 3.8) is 0 Å². The lowest BCUT2D eigenvalue weighted by molar-refractivity contribution is 0.0732. The highest BCUT2D eigenvalue weighted by molar-refractivity contribution is 7.90. The average molecular weight is 765 g/mol. The van der Waals surface area contributed by atoms with E-state index in [-0.39, 0.29) is 38.3 Å². The summed E-state index contributed by atoms with van der Waals surface area (Å²) in [7, 11) is -4.36. The second-order valence-corrected chi connectivity index (χ2v) is 15.5. The summed E-state index contributed by atoms with van der Waals surface area (Å²) in [6.07, 6.45) is 4.11. The van der Waals surface area contributed by atoms with E-state index in [9.17, 15) is 28.1 Å². The topological polar surface area (TPSA) is 145 Å². The van der Waals surface area contributed by atoms with Gasteiger partial charge in [-0.2, -0.15) is 10.4 Å². The lowest BCUT2D eigenvalue weighted by atomic mass is 9.98. The minimum absolute atomic E-state index is 0.0665. The predicted octanol–water partition coefficient (Wildman–Crippen LogP) is 7.22. The van der Waals surface area contributed by atoms with Gasteiger partial charge in [-0.15, -0.1) is 0 Å². The van der Waals surface area contributed by atoms with Gasteiger partial charge < -0.3 is 9.80 Å². The summed E-state index contributed by atoms with van der Waals surface area (Å²) in [4.78, 5) is 45.2. The minimum atomic E-state index is -4.36. The molecule has 4 aromatic carbocycles. The Hall–Kier alpha value is -5.51. The summed E-state index contributed by atoms with van der Waals surface area (Å²) in [6.45, 7) is 7.69. The molecule has 54 heavy (non-hydrogen) atoms. The lowest BCUT2D eigenvalue weighted by Gasteiger charge is -2.29. The lowest BCUT2D eigenvalue weighted by Crippen LogP contribution is -2.37. The van der Waals surface area contributed by atoms with Gasteiger partial charge in [0.2, 0.25) is 0 Å². The molecule has 3 amide bonds. The third-order valence-electron chi connectivity index (χ3n) is 9.71. The Kier molecular flexibility index (Phi) is 11.5.